The van der Waals surface area contributed by atoms with Crippen LogP contribution in [0.15, 0.2) is 47.1 Å². The van der Waals surface area contributed by atoms with Gasteiger partial charge in [-0.25, -0.2) is 4.79 Å². The summed E-state index contributed by atoms with van der Waals surface area (Å²) in [6, 6.07) is 11.3. The molecule has 0 bridgehead atoms. The molecule has 1 saturated heterocycles. The number of carbonyl (C=O) groups excluding carboxylic acids is 1. The van der Waals surface area contributed by atoms with Gasteiger partial charge in [0.25, 0.3) is 0 Å². The molecule has 5 nitrogen and oxygen atoms in total. The number of nitrogens with one attached hydrogen (secondary N) is 1. The fourth-order valence-electron chi connectivity index (χ4n) is 2.68. The minimum absolute atomic E-state index is 0.105. The summed E-state index contributed by atoms with van der Waals surface area (Å²) >= 11 is 0. The second-order valence-corrected chi connectivity index (χ2v) is 5.89. The lowest BCUT2D eigenvalue weighted by Crippen LogP contribution is -2.39. The highest BCUT2D eigenvalue weighted by Gasteiger charge is 2.23. The van der Waals surface area contributed by atoms with Gasteiger partial charge in [-0.15, -0.1) is 0 Å². The van der Waals surface area contributed by atoms with Crippen LogP contribution in [0.5, 0.6) is 0 Å². The Morgan fingerprint density at radius 1 is 1.30 bits per heavy atom. The molecule has 1 unspecified atom stereocenters. The van der Waals surface area contributed by atoms with Crippen LogP contribution < -0.4 is 5.32 Å². The summed E-state index contributed by atoms with van der Waals surface area (Å²) in [5, 5.41) is 2.95. The van der Waals surface area contributed by atoms with E-state index in [0.29, 0.717) is 13.1 Å². The number of urea groups is 1. The minimum atomic E-state index is -0.138. The number of anilines is 1. The van der Waals surface area contributed by atoms with Crippen LogP contribution in [-0.2, 0) is 11.3 Å². The van der Waals surface area contributed by atoms with Crippen LogP contribution in [-0.4, -0.2) is 30.2 Å². The largest absolute Gasteiger partial charge is 0.467 e. The van der Waals surface area contributed by atoms with Crippen molar-refractivity contribution in [1.29, 1.82) is 0 Å². The minimum Gasteiger partial charge on any atom is -0.467 e. The van der Waals surface area contributed by atoms with Crippen molar-refractivity contribution >= 4 is 11.7 Å². The van der Waals surface area contributed by atoms with Gasteiger partial charge in [-0.2, -0.15) is 0 Å². The number of furan rings is 1. The van der Waals surface area contributed by atoms with E-state index in [9.17, 15) is 4.79 Å². The van der Waals surface area contributed by atoms with Crippen LogP contribution in [0.1, 0.15) is 24.2 Å². The van der Waals surface area contributed by atoms with E-state index in [0.717, 1.165) is 36.5 Å². The van der Waals surface area contributed by atoms with E-state index in [2.05, 4.69) is 5.32 Å². The number of nitrogens with zero attached hydrogens (tertiary/aromatic N) is 1. The van der Waals surface area contributed by atoms with E-state index in [1.54, 1.807) is 11.2 Å². The van der Waals surface area contributed by atoms with Gasteiger partial charge < -0.3 is 19.4 Å². The van der Waals surface area contributed by atoms with Crippen LogP contribution in [0.3, 0.4) is 0 Å². The highest BCUT2D eigenvalue weighted by atomic mass is 16.5. The van der Waals surface area contributed by atoms with Crippen molar-refractivity contribution in [3.63, 3.8) is 0 Å². The quantitative estimate of drug-likeness (QED) is 0.913. The highest BCUT2D eigenvalue weighted by molar-refractivity contribution is 5.89. The average molecular weight is 314 g/mol. The third kappa shape index (κ3) is 4.36. The topological polar surface area (TPSA) is 54.7 Å². The average Bonchev–Trinajstić information content (AvgIpc) is 3.22. The lowest BCUT2D eigenvalue weighted by Gasteiger charge is -2.25. The summed E-state index contributed by atoms with van der Waals surface area (Å²) in [5.74, 6) is 0.766. The summed E-state index contributed by atoms with van der Waals surface area (Å²) in [6.45, 7) is 3.80. The van der Waals surface area contributed by atoms with Crippen LogP contribution in [0.25, 0.3) is 0 Å². The van der Waals surface area contributed by atoms with Gasteiger partial charge in [-0.05, 0) is 44.0 Å². The van der Waals surface area contributed by atoms with Gasteiger partial charge >= 0.3 is 6.03 Å². The first-order chi connectivity index (χ1) is 11.2. The summed E-state index contributed by atoms with van der Waals surface area (Å²) in [6.07, 6.45) is 3.77. The molecule has 2 aromatic rings. The van der Waals surface area contributed by atoms with E-state index < -0.39 is 0 Å². The number of carbonyl (C=O) groups is 1. The summed E-state index contributed by atoms with van der Waals surface area (Å²) in [5.41, 5.74) is 1.95. The molecule has 2 amide bonds. The molecule has 5 heteroatoms. The molecule has 1 atom stereocenters. The monoisotopic (exact) mass is 314 g/mol. The number of hydrogen-bond donors (Lipinski definition) is 1. The summed E-state index contributed by atoms with van der Waals surface area (Å²) in [7, 11) is 0. The maximum atomic E-state index is 12.6. The molecule has 0 radical (unpaired) electrons. The van der Waals surface area contributed by atoms with E-state index in [1.807, 2.05) is 43.3 Å². The van der Waals surface area contributed by atoms with E-state index in [-0.39, 0.29) is 12.1 Å². The lowest BCUT2D eigenvalue weighted by atomic mass is 10.2. The number of ether oxygens (including phenoxy) is 1. The number of amides is 2. The Labute approximate surface area is 136 Å². The van der Waals surface area contributed by atoms with Crippen molar-refractivity contribution in [3.05, 3.63) is 54.0 Å². The molecule has 1 fully saturated rings. The smallest absolute Gasteiger partial charge is 0.322 e. The van der Waals surface area contributed by atoms with Crippen molar-refractivity contribution in [2.75, 3.05) is 18.5 Å². The van der Waals surface area contributed by atoms with Crippen molar-refractivity contribution in [2.45, 2.75) is 32.4 Å². The highest BCUT2D eigenvalue weighted by Crippen LogP contribution is 2.17. The van der Waals surface area contributed by atoms with Crippen LogP contribution in [0, 0.1) is 6.92 Å². The van der Waals surface area contributed by atoms with Gasteiger partial charge in [0.1, 0.15) is 5.76 Å². The van der Waals surface area contributed by atoms with E-state index in [1.165, 1.54) is 0 Å². The van der Waals surface area contributed by atoms with Gasteiger partial charge in [0.05, 0.1) is 18.9 Å². The molecule has 0 saturated carbocycles. The fraction of sp³-hybridized carbons (Fsp3) is 0.389. The molecule has 23 heavy (non-hydrogen) atoms. The molecule has 1 aromatic carbocycles. The van der Waals surface area contributed by atoms with Crippen molar-refractivity contribution < 1.29 is 13.9 Å². The molecular weight excluding hydrogens is 292 g/mol. The second kappa shape index (κ2) is 7.33. The normalized spacial score (nSPS) is 17.2. The predicted molar refractivity (Wildman–Crippen MR) is 88.3 cm³/mol. The summed E-state index contributed by atoms with van der Waals surface area (Å²) in [4.78, 5) is 14.4. The first kappa shape index (κ1) is 15.6. The summed E-state index contributed by atoms with van der Waals surface area (Å²) < 4.78 is 11.0. The van der Waals surface area contributed by atoms with E-state index in [4.69, 9.17) is 9.15 Å². The molecule has 1 aliphatic rings. The van der Waals surface area contributed by atoms with Crippen molar-refractivity contribution in [3.8, 4) is 0 Å². The van der Waals surface area contributed by atoms with Crippen molar-refractivity contribution in [2.24, 2.45) is 0 Å². The Balaban J connectivity index is 1.67. The first-order valence-corrected chi connectivity index (χ1v) is 7.97. The Bertz CT molecular complexity index is 616. The molecule has 0 spiro atoms. The number of rotatable bonds is 5. The predicted octanol–water partition coefficient (Wildman–Crippen LogP) is 3.80. The number of aryl methyl sites for hydroxylation is 1. The Morgan fingerprint density at radius 2 is 2.13 bits per heavy atom. The maximum absolute atomic E-state index is 12.6. The number of benzene rings is 1. The Morgan fingerprint density at radius 3 is 2.78 bits per heavy atom. The van der Waals surface area contributed by atoms with Gasteiger partial charge in [0.2, 0.25) is 0 Å². The molecule has 1 aromatic heterocycles. The van der Waals surface area contributed by atoms with Crippen LogP contribution >= 0.6 is 0 Å². The molecule has 1 N–H and O–H groups in total. The van der Waals surface area contributed by atoms with Gasteiger partial charge in [-0.3, -0.25) is 0 Å². The zero-order chi connectivity index (χ0) is 16.1. The van der Waals surface area contributed by atoms with Crippen LogP contribution in [0.2, 0.25) is 0 Å². The SMILES string of the molecule is Cc1ccc(NC(=O)N(Cc2ccco2)CC2CCCO2)cc1. The third-order valence-corrected chi connectivity index (χ3v) is 3.96. The van der Waals surface area contributed by atoms with Gasteiger partial charge in [0, 0.05) is 18.8 Å². The van der Waals surface area contributed by atoms with Crippen LogP contribution in [0.4, 0.5) is 10.5 Å². The molecule has 0 aliphatic carbocycles. The van der Waals surface area contributed by atoms with Gasteiger partial charge in [-0.1, -0.05) is 17.7 Å². The second-order valence-electron chi connectivity index (χ2n) is 5.89. The van der Waals surface area contributed by atoms with Crippen molar-refractivity contribution in [1.82, 2.24) is 4.90 Å². The molecule has 2 heterocycles. The zero-order valence-electron chi connectivity index (χ0n) is 13.3. The number of hydrogen-bond acceptors (Lipinski definition) is 3. The maximum Gasteiger partial charge on any atom is 0.322 e. The van der Waals surface area contributed by atoms with E-state index >= 15 is 0 Å². The van der Waals surface area contributed by atoms with Gasteiger partial charge in [0.15, 0.2) is 0 Å². The zero-order valence-corrected chi connectivity index (χ0v) is 13.3. The molecule has 3 rings (SSSR count). The fourth-order valence-corrected chi connectivity index (χ4v) is 2.68. The lowest BCUT2D eigenvalue weighted by molar-refractivity contribution is 0.0803. The standard InChI is InChI=1S/C18H22N2O3/c1-14-6-8-15(9-7-14)19-18(21)20(12-16-4-2-10-22-16)13-17-5-3-11-23-17/h2,4,6-10,17H,3,5,11-13H2,1H3,(H,19,21). The third-order valence-electron chi connectivity index (χ3n) is 3.96. The molecule has 122 valence electrons. The molecular formula is C18H22N2O3. The Hall–Kier alpha value is -2.27. The molecule has 1 aliphatic heterocycles. The first-order valence-electron chi connectivity index (χ1n) is 7.97. The Kier molecular flexibility index (Phi) is 4.98.